The van der Waals surface area contributed by atoms with E-state index in [0.717, 1.165) is 5.57 Å². The molecule has 0 saturated carbocycles. The van der Waals surface area contributed by atoms with Gasteiger partial charge in [-0.15, -0.1) is 0 Å². The fourth-order valence-corrected chi connectivity index (χ4v) is 4.07. The number of aliphatic hydroxyl groups excluding tert-OH is 2. The molecule has 180 valence electrons. The monoisotopic (exact) mass is 450 g/mol. The predicted octanol–water partition coefficient (Wildman–Crippen LogP) is 3.03. The van der Waals surface area contributed by atoms with E-state index in [2.05, 4.69) is 0 Å². The first kappa shape index (κ1) is 27.9. The maximum absolute atomic E-state index is 13.1. The van der Waals surface area contributed by atoms with Gasteiger partial charge in [-0.3, -0.25) is 4.79 Å². The van der Waals surface area contributed by atoms with Gasteiger partial charge in [-0.25, -0.2) is 4.79 Å². The number of carbonyl (C=O) groups excluding carboxylic acids is 3. The van der Waals surface area contributed by atoms with Gasteiger partial charge in [-0.1, -0.05) is 18.6 Å². The number of rotatable bonds is 10. The van der Waals surface area contributed by atoms with Crippen molar-refractivity contribution in [1.82, 2.24) is 0 Å². The topological polar surface area (TPSA) is 121 Å². The summed E-state index contributed by atoms with van der Waals surface area (Å²) in [5, 5.41) is 30.2. The molecule has 1 rings (SSSR count). The standard InChI is InChI=1S/C25H38O7/c1-16(2)13-22(29)32-12-9-20-19(14-17(3)27)23(30)18(15-26)7-10-25(20,6)11-8-21(28)24(4,5)31/h7,9,12-13,19-21,26,28,31H,8,10-11,14-15H2,1-6H3/b12-9+/t19-,20-,21+,25+/m0/s1. The molecule has 0 heterocycles. The maximum atomic E-state index is 13.1. The van der Waals surface area contributed by atoms with Gasteiger partial charge >= 0.3 is 5.97 Å². The third kappa shape index (κ3) is 8.11. The Hall–Kier alpha value is -2.09. The summed E-state index contributed by atoms with van der Waals surface area (Å²) in [5.41, 5.74) is -0.849. The van der Waals surface area contributed by atoms with Crippen molar-refractivity contribution < 1.29 is 34.4 Å². The number of ether oxygens (including phenoxy) is 1. The summed E-state index contributed by atoms with van der Waals surface area (Å²) in [5.74, 6) is -2.25. The normalized spacial score (nSPS) is 25.2. The van der Waals surface area contributed by atoms with E-state index in [9.17, 15) is 29.7 Å². The van der Waals surface area contributed by atoms with Crippen LogP contribution in [0.3, 0.4) is 0 Å². The lowest BCUT2D eigenvalue weighted by Gasteiger charge is -2.39. The van der Waals surface area contributed by atoms with Gasteiger partial charge in [0.15, 0.2) is 5.78 Å². The van der Waals surface area contributed by atoms with Crippen molar-refractivity contribution in [2.45, 2.75) is 78.9 Å². The molecule has 7 heteroatoms. The molecular formula is C25H38O7. The number of hydrogen-bond donors (Lipinski definition) is 3. The lowest BCUT2D eigenvalue weighted by Crippen LogP contribution is -2.39. The Bertz CT molecular complexity index is 781. The van der Waals surface area contributed by atoms with Crippen LogP contribution in [0, 0.1) is 17.3 Å². The number of carbonyl (C=O) groups is 3. The Morgan fingerprint density at radius 3 is 2.44 bits per heavy atom. The quantitative estimate of drug-likeness (QED) is 0.266. The Balaban J connectivity index is 3.35. The Labute approximate surface area is 190 Å². The molecule has 0 aliphatic heterocycles. The van der Waals surface area contributed by atoms with Crippen LogP contribution >= 0.6 is 0 Å². The van der Waals surface area contributed by atoms with Crippen LogP contribution < -0.4 is 0 Å². The summed E-state index contributed by atoms with van der Waals surface area (Å²) < 4.78 is 5.16. The number of Topliss-reactive ketones (excluding diaryl/α,β-unsaturated/α-hetero) is 2. The van der Waals surface area contributed by atoms with E-state index in [0.29, 0.717) is 12.8 Å². The third-order valence-electron chi connectivity index (χ3n) is 6.06. The van der Waals surface area contributed by atoms with Crippen LogP contribution in [0.1, 0.15) is 67.2 Å². The van der Waals surface area contributed by atoms with E-state index in [4.69, 9.17) is 4.74 Å². The second kappa shape index (κ2) is 11.7. The average molecular weight is 451 g/mol. The highest BCUT2D eigenvalue weighted by Gasteiger charge is 2.44. The minimum absolute atomic E-state index is 0.0171. The molecule has 4 atom stereocenters. The molecule has 0 bridgehead atoms. The van der Waals surface area contributed by atoms with Crippen LogP contribution in [0.25, 0.3) is 0 Å². The first-order valence-electron chi connectivity index (χ1n) is 11.0. The van der Waals surface area contributed by atoms with Gasteiger partial charge in [0.05, 0.1) is 24.6 Å². The lowest BCUT2D eigenvalue weighted by molar-refractivity contribution is -0.132. The maximum Gasteiger partial charge on any atom is 0.335 e. The molecule has 1 aliphatic carbocycles. The second-order valence-corrected chi connectivity index (χ2v) is 9.84. The number of aliphatic hydroxyl groups is 3. The van der Waals surface area contributed by atoms with E-state index in [1.807, 2.05) is 6.92 Å². The largest absolute Gasteiger partial charge is 0.432 e. The minimum atomic E-state index is -1.28. The van der Waals surface area contributed by atoms with Gasteiger partial charge in [0.2, 0.25) is 0 Å². The molecule has 32 heavy (non-hydrogen) atoms. The molecular weight excluding hydrogens is 412 g/mol. The zero-order valence-corrected chi connectivity index (χ0v) is 20.1. The number of hydrogen-bond acceptors (Lipinski definition) is 7. The zero-order chi connectivity index (χ0) is 24.7. The summed E-state index contributed by atoms with van der Waals surface area (Å²) >= 11 is 0. The van der Waals surface area contributed by atoms with Gasteiger partial charge in [-0.2, -0.15) is 0 Å². The SMILES string of the molecule is CC(=O)C[C@@H]1C(=O)C(CO)=CC[C@](C)(CC[C@@H](O)C(C)(C)O)[C@H]1/C=C/OC(=O)C=C(C)C. The Morgan fingerprint density at radius 1 is 1.31 bits per heavy atom. The summed E-state index contributed by atoms with van der Waals surface area (Å²) in [6.45, 7) is 9.51. The van der Waals surface area contributed by atoms with Crippen molar-refractivity contribution in [3.63, 3.8) is 0 Å². The van der Waals surface area contributed by atoms with E-state index in [1.54, 1.807) is 26.0 Å². The Morgan fingerprint density at radius 2 is 1.94 bits per heavy atom. The van der Waals surface area contributed by atoms with Crippen molar-refractivity contribution in [3.8, 4) is 0 Å². The second-order valence-electron chi connectivity index (χ2n) is 9.84. The zero-order valence-electron chi connectivity index (χ0n) is 20.1. The van der Waals surface area contributed by atoms with Crippen LogP contribution in [0.2, 0.25) is 0 Å². The molecule has 0 aromatic rings. The van der Waals surface area contributed by atoms with Gasteiger partial charge in [-0.05, 0) is 71.3 Å². The highest BCUT2D eigenvalue weighted by atomic mass is 16.5. The van der Waals surface area contributed by atoms with Crippen molar-refractivity contribution in [1.29, 1.82) is 0 Å². The highest BCUT2D eigenvalue weighted by molar-refractivity contribution is 6.00. The van der Waals surface area contributed by atoms with Crippen LogP contribution in [0.15, 0.2) is 35.6 Å². The molecule has 7 nitrogen and oxygen atoms in total. The van der Waals surface area contributed by atoms with Gasteiger partial charge in [0.25, 0.3) is 0 Å². The van der Waals surface area contributed by atoms with E-state index in [1.165, 1.54) is 33.1 Å². The Kier molecular flexibility index (Phi) is 10.2. The predicted molar refractivity (Wildman–Crippen MR) is 121 cm³/mol. The molecule has 0 aromatic carbocycles. The molecule has 0 fully saturated rings. The van der Waals surface area contributed by atoms with Crippen molar-refractivity contribution in [2.24, 2.45) is 17.3 Å². The van der Waals surface area contributed by atoms with Crippen LogP contribution in [-0.2, 0) is 19.1 Å². The lowest BCUT2D eigenvalue weighted by atomic mass is 9.65. The molecule has 0 radical (unpaired) electrons. The van der Waals surface area contributed by atoms with Gasteiger partial charge in [0.1, 0.15) is 5.78 Å². The van der Waals surface area contributed by atoms with E-state index >= 15 is 0 Å². The first-order valence-corrected chi connectivity index (χ1v) is 11.0. The first-order chi connectivity index (χ1) is 14.7. The van der Waals surface area contributed by atoms with Crippen molar-refractivity contribution in [2.75, 3.05) is 6.61 Å². The molecule has 0 saturated heterocycles. The molecule has 0 aromatic heterocycles. The molecule has 3 N–H and O–H groups in total. The molecule has 0 amide bonds. The molecule has 0 unspecified atom stereocenters. The highest BCUT2D eigenvalue weighted by Crippen LogP contribution is 2.46. The number of allylic oxidation sites excluding steroid dienone is 3. The van der Waals surface area contributed by atoms with E-state index in [-0.39, 0.29) is 30.0 Å². The average Bonchev–Trinajstić information content (AvgIpc) is 2.75. The van der Waals surface area contributed by atoms with Crippen molar-refractivity contribution >= 4 is 17.5 Å². The van der Waals surface area contributed by atoms with Gasteiger partial charge < -0.3 is 24.9 Å². The fourth-order valence-electron chi connectivity index (χ4n) is 4.07. The van der Waals surface area contributed by atoms with Crippen molar-refractivity contribution in [3.05, 3.63) is 35.6 Å². The number of ketones is 2. The fraction of sp³-hybridized carbons (Fsp3) is 0.640. The van der Waals surface area contributed by atoms with Crippen LogP contribution in [0.4, 0.5) is 0 Å². The van der Waals surface area contributed by atoms with E-state index < -0.39 is 41.5 Å². The summed E-state index contributed by atoms with van der Waals surface area (Å²) in [6.07, 6.45) is 6.04. The summed E-state index contributed by atoms with van der Waals surface area (Å²) in [6, 6.07) is 0. The molecule has 1 aliphatic rings. The number of esters is 1. The van der Waals surface area contributed by atoms with Crippen LogP contribution in [-0.4, -0.2) is 51.2 Å². The summed E-state index contributed by atoms with van der Waals surface area (Å²) in [7, 11) is 0. The third-order valence-corrected chi connectivity index (χ3v) is 6.06. The minimum Gasteiger partial charge on any atom is -0.432 e. The smallest absolute Gasteiger partial charge is 0.335 e. The molecule has 0 spiro atoms. The summed E-state index contributed by atoms with van der Waals surface area (Å²) in [4.78, 5) is 37.0. The van der Waals surface area contributed by atoms with Gasteiger partial charge in [0, 0.05) is 24.0 Å². The van der Waals surface area contributed by atoms with Crippen LogP contribution in [0.5, 0.6) is 0 Å².